The molecule has 1 aliphatic heterocycles. The maximum atomic E-state index is 12.3. The van der Waals surface area contributed by atoms with Gasteiger partial charge in [-0.25, -0.2) is 4.79 Å². The molecule has 0 aromatic heterocycles. The van der Waals surface area contributed by atoms with E-state index >= 15 is 0 Å². The van der Waals surface area contributed by atoms with Crippen LogP contribution in [-0.2, 0) is 4.74 Å². The van der Waals surface area contributed by atoms with Crippen LogP contribution in [0.4, 0.5) is 4.79 Å². The Balaban J connectivity index is 1.30. The van der Waals surface area contributed by atoms with Crippen LogP contribution in [0.3, 0.4) is 0 Å². The molecule has 0 bridgehead atoms. The lowest BCUT2D eigenvalue weighted by Gasteiger charge is -2.38. The number of nitrogens with zero attached hydrogens (tertiary/aromatic N) is 2. The lowest BCUT2D eigenvalue weighted by Crippen LogP contribution is -2.52. The normalized spacial score (nSPS) is 23.3. The molecule has 1 aliphatic carbocycles. The summed E-state index contributed by atoms with van der Waals surface area (Å²) >= 11 is 3.60. The summed E-state index contributed by atoms with van der Waals surface area (Å²) < 4.78 is 12.9. The van der Waals surface area contributed by atoms with Crippen LogP contribution in [0.15, 0.2) is 22.7 Å². The van der Waals surface area contributed by atoms with Crippen LogP contribution in [0, 0.1) is 12.8 Å². The zero-order chi connectivity index (χ0) is 24.0. The van der Waals surface area contributed by atoms with Crippen molar-refractivity contribution in [2.75, 3.05) is 26.2 Å². The Labute approximate surface area is 209 Å². The molecule has 5 nitrogen and oxygen atoms in total. The highest BCUT2D eigenvalue weighted by Gasteiger charge is 2.28. The highest BCUT2D eigenvalue weighted by Crippen LogP contribution is 2.33. The van der Waals surface area contributed by atoms with Crippen molar-refractivity contribution in [2.24, 2.45) is 5.92 Å². The minimum Gasteiger partial charge on any atom is -0.490 e. The van der Waals surface area contributed by atoms with Gasteiger partial charge in [-0.2, -0.15) is 0 Å². The predicted molar refractivity (Wildman–Crippen MR) is 138 cm³/mol. The molecule has 1 heterocycles. The molecule has 2 aliphatic rings. The number of ether oxygens (including phenoxy) is 2. The van der Waals surface area contributed by atoms with Gasteiger partial charge in [0.2, 0.25) is 0 Å². The monoisotopic (exact) mass is 522 g/mol. The van der Waals surface area contributed by atoms with Crippen molar-refractivity contribution in [3.05, 3.63) is 28.2 Å². The van der Waals surface area contributed by atoms with Crippen molar-refractivity contribution in [2.45, 2.75) is 97.3 Å². The third-order valence-corrected chi connectivity index (χ3v) is 7.99. The average molecular weight is 524 g/mol. The van der Waals surface area contributed by atoms with Crippen molar-refractivity contribution in [3.63, 3.8) is 0 Å². The summed E-state index contributed by atoms with van der Waals surface area (Å²) in [5.41, 5.74) is 0.769. The molecule has 0 radical (unpaired) electrons. The zero-order valence-electron chi connectivity index (χ0n) is 21.2. The Morgan fingerprint density at radius 1 is 1.12 bits per heavy atom. The molecular weight excluding hydrogens is 480 g/mol. The van der Waals surface area contributed by atoms with Gasteiger partial charge in [0.15, 0.2) is 0 Å². The first-order valence-electron chi connectivity index (χ1n) is 12.8. The molecule has 0 spiro atoms. The first-order valence-corrected chi connectivity index (χ1v) is 13.6. The molecule has 0 N–H and O–H groups in total. The topological polar surface area (TPSA) is 42.0 Å². The number of hydrogen-bond acceptors (Lipinski definition) is 4. The van der Waals surface area contributed by atoms with E-state index in [1.54, 1.807) is 0 Å². The Hall–Kier alpha value is -1.27. The molecule has 1 aromatic rings. The SMILES string of the molecule is Cc1c(Br)cccc1O[C@H]1CC[C@H](CCCC(C)N2CCN(C(=O)OC(C)(C)C)CC2)CC1. The number of benzene rings is 1. The number of piperazine rings is 1. The summed E-state index contributed by atoms with van der Waals surface area (Å²) in [5, 5.41) is 0. The summed E-state index contributed by atoms with van der Waals surface area (Å²) in [7, 11) is 0. The van der Waals surface area contributed by atoms with Gasteiger partial charge in [0.25, 0.3) is 0 Å². The first kappa shape index (κ1) is 26.3. The van der Waals surface area contributed by atoms with E-state index in [1.165, 1.54) is 50.5 Å². The van der Waals surface area contributed by atoms with Crippen molar-refractivity contribution in [1.82, 2.24) is 9.80 Å². The predicted octanol–water partition coefficient (Wildman–Crippen LogP) is 6.81. The van der Waals surface area contributed by atoms with Crippen LogP contribution >= 0.6 is 15.9 Å². The van der Waals surface area contributed by atoms with E-state index in [1.807, 2.05) is 25.7 Å². The minimum absolute atomic E-state index is 0.176. The summed E-state index contributed by atoms with van der Waals surface area (Å²) in [6.45, 7) is 13.6. The van der Waals surface area contributed by atoms with E-state index in [0.29, 0.717) is 12.1 Å². The Morgan fingerprint density at radius 3 is 2.42 bits per heavy atom. The molecule has 1 saturated carbocycles. The molecule has 2 fully saturated rings. The fourth-order valence-electron chi connectivity index (χ4n) is 4.99. The second-order valence-electron chi connectivity index (χ2n) is 10.9. The molecule has 33 heavy (non-hydrogen) atoms. The average Bonchev–Trinajstić information content (AvgIpc) is 2.77. The third kappa shape index (κ3) is 8.17. The molecule has 1 aromatic carbocycles. The smallest absolute Gasteiger partial charge is 0.410 e. The van der Waals surface area contributed by atoms with Crippen LogP contribution < -0.4 is 4.74 Å². The standard InChI is InChI=1S/C27H43BrN2O3/c1-20(29-16-18-30(19-17-29)26(31)33-27(3,4)5)8-6-9-22-12-14-23(15-13-22)32-25-11-7-10-24(28)21(25)2/h7,10-11,20,22-23H,6,8-9,12-19H2,1-5H3/t20?,22-,23-. The van der Waals surface area contributed by atoms with Crippen LogP contribution in [0.5, 0.6) is 5.75 Å². The fourth-order valence-corrected chi connectivity index (χ4v) is 5.34. The summed E-state index contributed by atoms with van der Waals surface area (Å²) in [5.74, 6) is 1.86. The van der Waals surface area contributed by atoms with Gasteiger partial charge < -0.3 is 14.4 Å². The minimum atomic E-state index is -0.426. The van der Waals surface area contributed by atoms with Gasteiger partial charge in [-0.15, -0.1) is 0 Å². The summed E-state index contributed by atoms with van der Waals surface area (Å²) in [6, 6.07) is 6.78. The summed E-state index contributed by atoms with van der Waals surface area (Å²) in [6.07, 6.45) is 8.91. The van der Waals surface area contributed by atoms with E-state index in [2.05, 4.69) is 52.9 Å². The van der Waals surface area contributed by atoms with E-state index in [9.17, 15) is 4.79 Å². The first-order chi connectivity index (χ1) is 15.6. The Morgan fingerprint density at radius 2 is 1.79 bits per heavy atom. The van der Waals surface area contributed by atoms with E-state index in [-0.39, 0.29) is 6.09 Å². The number of halogens is 1. The quantitative estimate of drug-likeness (QED) is 0.394. The molecule has 3 rings (SSSR count). The van der Waals surface area contributed by atoms with Crippen LogP contribution in [-0.4, -0.2) is 59.8 Å². The Bertz CT molecular complexity index is 763. The fraction of sp³-hybridized carbons (Fsp3) is 0.741. The second kappa shape index (κ2) is 11.9. The molecule has 1 atom stereocenters. The van der Waals surface area contributed by atoms with Gasteiger partial charge >= 0.3 is 6.09 Å². The third-order valence-electron chi connectivity index (χ3n) is 7.13. The molecular formula is C27H43BrN2O3. The number of hydrogen-bond donors (Lipinski definition) is 0. The van der Waals surface area contributed by atoms with Crippen molar-refractivity contribution in [3.8, 4) is 5.75 Å². The molecule has 1 amide bonds. The number of amides is 1. The number of rotatable bonds is 7. The summed E-state index contributed by atoms with van der Waals surface area (Å²) in [4.78, 5) is 16.7. The van der Waals surface area contributed by atoms with E-state index in [4.69, 9.17) is 9.47 Å². The molecule has 186 valence electrons. The van der Waals surface area contributed by atoms with Gasteiger partial charge in [0.05, 0.1) is 6.10 Å². The highest BCUT2D eigenvalue weighted by molar-refractivity contribution is 9.10. The van der Waals surface area contributed by atoms with E-state index < -0.39 is 5.60 Å². The number of carbonyl (C=O) groups excluding carboxylic acids is 1. The van der Waals surface area contributed by atoms with Crippen LogP contribution in [0.25, 0.3) is 0 Å². The van der Waals surface area contributed by atoms with Crippen LogP contribution in [0.1, 0.15) is 78.2 Å². The highest BCUT2D eigenvalue weighted by atomic mass is 79.9. The van der Waals surface area contributed by atoms with Gasteiger partial charge in [0, 0.05) is 42.3 Å². The van der Waals surface area contributed by atoms with Crippen LogP contribution in [0.2, 0.25) is 0 Å². The van der Waals surface area contributed by atoms with Crippen molar-refractivity contribution < 1.29 is 14.3 Å². The zero-order valence-corrected chi connectivity index (χ0v) is 22.8. The van der Waals surface area contributed by atoms with Gasteiger partial charge in [-0.1, -0.05) is 34.8 Å². The van der Waals surface area contributed by atoms with Gasteiger partial charge in [-0.3, -0.25) is 4.90 Å². The maximum absolute atomic E-state index is 12.3. The molecule has 6 heteroatoms. The van der Waals surface area contributed by atoms with Crippen molar-refractivity contribution >= 4 is 22.0 Å². The Kier molecular flexibility index (Phi) is 9.52. The van der Waals surface area contributed by atoms with E-state index in [0.717, 1.165) is 42.3 Å². The largest absolute Gasteiger partial charge is 0.490 e. The lowest BCUT2D eigenvalue weighted by atomic mass is 9.84. The van der Waals surface area contributed by atoms with Crippen molar-refractivity contribution in [1.29, 1.82) is 0 Å². The van der Waals surface area contributed by atoms with Gasteiger partial charge in [-0.05, 0) is 84.8 Å². The molecule has 1 saturated heterocycles. The van der Waals surface area contributed by atoms with Gasteiger partial charge in [0.1, 0.15) is 11.4 Å². The lowest BCUT2D eigenvalue weighted by molar-refractivity contribution is 0.0105. The maximum Gasteiger partial charge on any atom is 0.410 e. The molecule has 1 unspecified atom stereocenters. The second-order valence-corrected chi connectivity index (χ2v) is 11.8. The number of carbonyl (C=O) groups is 1.